The Kier molecular flexibility index (Phi) is 3.46. The summed E-state index contributed by atoms with van der Waals surface area (Å²) >= 11 is 0. The molecular weight excluding hydrogens is 290 g/mol. The summed E-state index contributed by atoms with van der Waals surface area (Å²) in [6, 6.07) is 7.27. The van der Waals surface area contributed by atoms with Crippen molar-refractivity contribution in [2.45, 2.75) is 19.1 Å². The quantitative estimate of drug-likeness (QED) is 0.860. The van der Waals surface area contributed by atoms with Crippen LogP contribution in [0.4, 0.5) is 0 Å². The Balaban J connectivity index is 2.05. The van der Waals surface area contributed by atoms with Gasteiger partial charge in [0.2, 0.25) is 10.0 Å². The van der Waals surface area contributed by atoms with Crippen LogP contribution in [0, 0.1) is 0 Å². The van der Waals surface area contributed by atoms with Crippen LogP contribution in [0.15, 0.2) is 36.7 Å². The van der Waals surface area contributed by atoms with Crippen molar-refractivity contribution in [3.63, 3.8) is 0 Å². The van der Waals surface area contributed by atoms with Gasteiger partial charge in [-0.25, -0.2) is 13.4 Å². The molecule has 0 unspecified atom stereocenters. The molecule has 2 heterocycles. The Labute approximate surface area is 124 Å². The van der Waals surface area contributed by atoms with Crippen LogP contribution in [-0.2, 0) is 23.1 Å². The van der Waals surface area contributed by atoms with Crippen molar-refractivity contribution < 1.29 is 13.2 Å². The SMILES string of the molecule is COc1cccc([C@H]2Cn3ccnc3CN2S(C)(=O)=O)c1. The van der Waals surface area contributed by atoms with E-state index >= 15 is 0 Å². The fourth-order valence-electron chi connectivity index (χ4n) is 2.65. The first-order chi connectivity index (χ1) is 9.99. The van der Waals surface area contributed by atoms with Gasteiger partial charge in [0.1, 0.15) is 11.6 Å². The highest BCUT2D eigenvalue weighted by Gasteiger charge is 2.33. The summed E-state index contributed by atoms with van der Waals surface area (Å²) in [5.74, 6) is 1.48. The normalized spacial score (nSPS) is 19.2. The maximum absolute atomic E-state index is 12.1. The first kappa shape index (κ1) is 14.1. The summed E-state index contributed by atoms with van der Waals surface area (Å²) in [6.07, 6.45) is 4.81. The fourth-order valence-corrected chi connectivity index (χ4v) is 3.65. The summed E-state index contributed by atoms with van der Waals surface area (Å²) < 4.78 is 32.9. The van der Waals surface area contributed by atoms with Gasteiger partial charge in [-0.05, 0) is 17.7 Å². The number of fused-ring (bicyclic) bond motifs is 1. The fraction of sp³-hybridized carbons (Fsp3) is 0.357. The highest BCUT2D eigenvalue weighted by atomic mass is 32.2. The predicted molar refractivity (Wildman–Crippen MR) is 78.3 cm³/mol. The van der Waals surface area contributed by atoms with E-state index < -0.39 is 10.0 Å². The Bertz CT molecular complexity index is 754. The first-order valence-corrected chi connectivity index (χ1v) is 8.44. The number of benzene rings is 1. The lowest BCUT2D eigenvalue weighted by molar-refractivity contribution is 0.244. The third-order valence-corrected chi connectivity index (χ3v) is 4.96. The summed E-state index contributed by atoms with van der Waals surface area (Å²) in [5, 5.41) is 0. The van der Waals surface area contributed by atoms with E-state index in [1.54, 1.807) is 13.3 Å². The molecule has 1 aromatic heterocycles. The van der Waals surface area contributed by atoms with Gasteiger partial charge in [0.25, 0.3) is 0 Å². The molecular formula is C14H17N3O3S. The lowest BCUT2D eigenvalue weighted by atomic mass is 10.1. The molecule has 0 bridgehead atoms. The predicted octanol–water partition coefficient (Wildman–Crippen LogP) is 1.41. The molecule has 1 aliphatic heterocycles. The van der Waals surface area contributed by atoms with Crippen molar-refractivity contribution in [1.29, 1.82) is 0 Å². The Morgan fingerprint density at radius 3 is 2.90 bits per heavy atom. The molecule has 0 aliphatic carbocycles. The van der Waals surface area contributed by atoms with Crippen LogP contribution in [0.25, 0.3) is 0 Å². The summed E-state index contributed by atoms with van der Waals surface area (Å²) in [6.45, 7) is 0.837. The molecule has 0 saturated carbocycles. The summed E-state index contributed by atoms with van der Waals surface area (Å²) in [5.41, 5.74) is 0.916. The van der Waals surface area contributed by atoms with Gasteiger partial charge in [-0.15, -0.1) is 0 Å². The Morgan fingerprint density at radius 1 is 1.38 bits per heavy atom. The van der Waals surface area contributed by atoms with Crippen LogP contribution in [0.5, 0.6) is 5.75 Å². The van der Waals surface area contributed by atoms with Crippen LogP contribution < -0.4 is 4.74 Å². The highest BCUT2D eigenvalue weighted by molar-refractivity contribution is 7.88. The second-order valence-electron chi connectivity index (χ2n) is 5.10. The van der Waals surface area contributed by atoms with Crippen molar-refractivity contribution >= 4 is 10.0 Å². The number of ether oxygens (including phenoxy) is 1. The van der Waals surface area contributed by atoms with Gasteiger partial charge in [-0.1, -0.05) is 12.1 Å². The molecule has 21 heavy (non-hydrogen) atoms. The summed E-state index contributed by atoms with van der Waals surface area (Å²) in [7, 11) is -1.72. The van der Waals surface area contributed by atoms with Gasteiger partial charge >= 0.3 is 0 Å². The van der Waals surface area contributed by atoms with Gasteiger partial charge in [0.05, 0.1) is 26.0 Å². The van der Waals surface area contributed by atoms with Crippen molar-refractivity contribution in [2.75, 3.05) is 13.4 Å². The number of hydrogen-bond donors (Lipinski definition) is 0. The van der Waals surface area contributed by atoms with Crippen molar-refractivity contribution in [1.82, 2.24) is 13.9 Å². The molecule has 0 N–H and O–H groups in total. The van der Waals surface area contributed by atoms with Gasteiger partial charge in [-0.2, -0.15) is 4.31 Å². The van der Waals surface area contributed by atoms with E-state index in [2.05, 4.69) is 4.98 Å². The number of nitrogens with zero attached hydrogens (tertiary/aromatic N) is 3. The molecule has 3 rings (SSSR count). The molecule has 0 amide bonds. The molecule has 7 heteroatoms. The average Bonchev–Trinajstić information content (AvgIpc) is 2.92. The molecule has 112 valence electrons. The molecule has 0 spiro atoms. The molecule has 6 nitrogen and oxygen atoms in total. The minimum absolute atomic E-state index is 0.253. The van der Waals surface area contributed by atoms with E-state index in [1.807, 2.05) is 35.0 Å². The van der Waals surface area contributed by atoms with Crippen molar-refractivity contribution in [3.8, 4) is 5.75 Å². The topological polar surface area (TPSA) is 64.4 Å². The number of hydrogen-bond acceptors (Lipinski definition) is 4. The van der Waals surface area contributed by atoms with E-state index in [9.17, 15) is 8.42 Å². The number of sulfonamides is 1. The highest BCUT2D eigenvalue weighted by Crippen LogP contribution is 2.32. The molecule has 2 aromatic rings. The minimum Gasteiger partial charge on any atom is -0.497 e. The minimum atomic E-state index is -3.32. The van der Waals surface area contributed by atoms with Crippen LogP contribution in [0.3, 0.4) is 0 Å². The van der Waals surface area contributed by atoms with Crippen LogP contribution in [0.2, 0.25) is 0 Å². The number of rotatable bonds is 3. The van der Waals surface area contributed by atoms with Crippen molar-refractivity contribution in [3.05, 3.63) is 48.0 Å². The lowest BCUT2D eigenvalue weighted by Gasteiger charge is -2.34. The lowest BCUT2D eigenvalue weighted by Crippen LogP contribution is -2.40. The van der Waals surface area contributed by atoms with Gasteiger partial charge in [-0.3, -0.25) is 0 Å². The third kappa shape index (κ3) is 2.66. The first-order valence-electron chi connectivity index (χ1n) is 6.60. The molecule has 0 saturated heterocycles. The van der Waals surface area contributed by atoms with E-state index in [1.165, 1.54) is 10.6 Å². The van der Waals surface area contributed by atoms with Gasteiger partial charge in [0.15, 0.2) is 0 Å². The van der Waals surface area contributed by atoms with Crippen LogP contribution >= 0.6 is 0 Å². The molecule has 1 atom stereocenters. The van der Waals surface area contributed by atoms with E-state index in [-0.39, 0.29) is 12.6 Å². The summed E-state index contributed by atoms with van der Waals surface area (Å²) in [4.78, 5) is 4.21. The second-order valence-corrected chi connectivity index (χ2v) is 7.03. The molecule has 1 aromatic carbocycles. The molecule has 1 aliphatic rings. The van der Waals surface area contributed by atoms with Crippen LogP contribution in [0.1, 0.15) is 17.4 Å². The average molecular weight is 307 g/mol. The number of methoxy groups -OCH3 is 1. The second kappa shape index (κ2) is 5.16. The number of imidazole rings is 1. The third-order valence-electron chi connectivity index (χ3n) is 3.72. The molecule has 0 radical (unpaired) electrons. The zero-order valence-electron chi connectivity index (χ0n) is 11.9. The maximum Gasteiger partial charge on any atom is 0.212 e. The monoisotopic (exact) mass is 307 g/mol. The largest absolute Gasteiger partial charge is 0.497 e. The van der Waals surface area contributed by atoms with Gasteiger partial charge in [0, 0.05) is 18.9 Å². The van der Waals surface area contributed by atoms with E-state index in [0.717, 1.165) is 17.1 Å². The van der Waals surface area contributed by atoms with E-state index in [4.69, 9.17) is 4.74 Å². The number of aromatic nitrogens is 2. The zero-order chi connectivity index (χ0) is 15.0. The smallest absolute Gasteiger partial charge is 0.212 e. The molecule has 0 fully saturated rings. The van der Waals surface area contributed by atoms with E-state index in [0.29, 0.717) is 6.54 Å². The Morgan fingerprint density at radius 2 is 2.19 bits per heavy atom. The van der Waals surface area contributed by atoms with Crippen LogP contribution in [-0.4, -0.2) is 35.6 Å². The Hall–Kier alpha value is -1.86. The van der Waals surface area contributed by atoms with Gasteiger partial charge < -0.3 is 9.30 Å². The zero-order valence-corrected chi connectivity index (χ0v) is 12.7. The standard InChI is InChI=1S/C14H17N3O3S/c1-20-12-5-3-4-11(8-12)13-9-16-7-6-15-14(16)10-17(13)21(2,18)19/h3-8,13H,9-10H2,1-2H3/t13-/m1/s1. The maximum atomic E-state index is 12.1. The van der Waals surface area contributed by atoms with Crippen molar-refractivity contribution in [2.24, 2.45) is 0 Å².